The van der Waals surface area contributed by atoms with Crippen molar-refractivity contribution in [3.8, 4) is 11.9 Å². The zero-order valence-corrected chi connectivity index (χ0v) is 12.7. The van der Waals surface area contributed by atoms with Crippen molar-refractivity contribution in [1.29, 1.82) is 5.26 Å². The first kappa shape index (κ1) is 15.0. The Morgan fingerprint density at radius 1 is 1.48 bits per heavy atom. The number of hydrogen-bond acceptors (Lipinski definition) is 5. The van der Waals surface area contributed by atoms with Crippen LogP contribution in [0.3, 0.4) is 0 Å². The molecule has 0 aliphatic heterocycles. The summed E-state index contributed by atoms with van der Waals surface area (Å²) in [5.74, 6) is 0.657. The van der Waals surface area contributed by atoms with E-state index in [9.17, 15) is 0 Å². The maximum atomic E-state index is 9.05. The topological polar surface area (TPSA) is 89.8 Å². The van der Waals surface area contributed by atoms with Gasteiger partial charge in [-0.1, -0.05) is 6.07 Å². The van der Waals surface area contributed by atoms with Crippen LogP contribution < -0.4 is 10.5 Å². The van der Waals surface area contributed by atoms with Gasteiger partial charge in [0, 0.05) is 19.2 Å². The molecular formula is C15H19N5O. The monoisotopic (exact) mass is 285 g/mol. The molecule has 0 aromatic carbocycles. The van der Waals surface area contributed by atoms with Crippen molar-refractivity contribution in [2.24, 2.45) is 12.8 Å². The highest BCUT2D eigenvalue weighted by Crippen LogP contribution is 2.38. The number of aryl methyl sites for hydroxylation is 2. The van der Waals surface area contributed by atoms with Gasteiger partial charge in [-0.15, -0.1) is 0 Å². The lowest BCUT2D eigenvalue weighted by Crippen LogP contribution is -2.35. The number of pyridine rings is 1. The number of methoxy groups -OCH3 is 1. The van der Waals surface area contributed by atoms with Crippen LogP contribution in [0.1, 0.15) is 29.6 Å². The molecule has 0 saturated heterocycles. The van der Waals surface area contributed by atoms with Gasteiger partial charge in [-0.3, -0.25) is 0 Å². The Labute approximate surface area is 124 Å². The fourth-order valence-corrected chi connectivity index (χ4v) is 2.65. The molecule has 2 heterocycles. The van der Waals surface area contributed by atoms with Crippen molar-refractivity contribution in [2.45, 2.75) is 19.3 Å². The molecule has 0 radical (unpaired) electrons. The number of nitrogens with two attached hydrogens (primary N) is 1. The summed E-state index contributed by atoms with van der Waals surface area (Å²) in [6.45, 7) is 4.24. The molecular weight excluding hydrogens is 266 g/mol. The standard InChI is InChI=1S/C15H19N5O/c1-10-13(14(21-4)20(3)19-10)15(2,9-17)12-7-5-6-11(8-16)18-12/h5-7H,9,17H2,1-4H3. The normalized spacial score (nSPS) is 13.5. The molecule has 0 spiro atoms. The van der Waals surface area contributed by atoms with Gasteiger partial charge in [0.05, 0.1) is 23.9 Å². The fourth-order valence-electron chi connectivity index (χ4n) is 2.65. The number of hydrogen-bond donors (Lipinski definition) is 1. The highest BCUT2D eigenvalue weighted by atomic mass is 16.5. The maximum absolute atomic E-state index is 9.05. The molecule has 2 aromatic rings. The highest BCUT2D eigenvalue weighted by Gasteiger charge is 2.36. The van der Waals surface area contributed by atoms with Gasteiger partial charge in [-0.2, -0.15) is 10.4 Å². The van der Waals surface area contributed by atoms with Crippen LogP contribution in [0.15, 0.2) is 18.2 Å². The summed E-state index contributed by atoms with van der Waals surface area (Å²) in [7, 11) is 3.43. The Kier molecular flexibility index (Phi) is 3.96. The molecule has 6 nitrogen and oxygen atoms in total. The predicted octanol–water partition coefficient (Wildman–Crippen LogP) is 1.27. The Bertz CT molecular complexity index is 701. The van der Waals surface area contributed by atoms with Gasteiger partial charge in [-0.05, 0) is 26.0 Å². The van der Waals surface area contributed by atoms with E-state index in [-0.39, 0.29) is 0 Å². The van der Waals surface area contributed by atoms with E-state index in [1.807, 2.05) is 33.0 Å². The van der Waals surface area contributed by atoms with Crippen LogP contribution in [0.25, 0.3) is 0 Å². The Hall–Kier alpha value is -2.39. The predicted molar refractivity (Wildman–Crippen MR) is 79.0 cm³/mol. The summed E-state index contributed by atoms with van der Waals surface area (Å²) < 4.78 is 7.16. The zero-order valence-electron chi connectivity index (χ0n) is 12.7. The zero-order chi connectivity index (χ0) is 15.6. The molecule has 0 saturated carbocycles. The van der Waals surface area contributed by atoms with E-state index in [0.717, 1.165) is 17.0 Å². The molecule has 0 fully saturated rings. The molecule has 1 atom stereocenters. The van der Waals surface area contributed by atoms with Gasteiger partial charge >= 0.3 is 0 Å². The van der Waals surface area contributed by atoms with Crippen molar-refractivity contribution >= 4 is 0 Å². The van der Waals surface area contributed by atoms with Crippen molar-refractivity contribution < 1.29 is 4.74 Å². The molecule has 2 rings (SSSR count). The first-order chi connectivity index (χ1) is 9.97. The molecule has 0 aliphatic rings. The average Bonchev–Trinajstić information content (AvgIpc) is 2.80. The van der Waals surface area contributed by atoms with Crippen LogP contribution in [-0.2, 0) is 12.5 Å². The number of rotatable bonds is 4. The fraction of sp³-hybridized carbons (Fsp3) is 0.400. The van der Waals surface area contributed by atoms with E-state index in [2.05, 4.69) is 16.2 Å². The minimum absolute atomic E-state index is 0.331. The quantitative estimate of drug-likeness (QED) is 0.913. The summed E-state index contributed by atoms with van der Waals surface area (Å²) in [4.78, 5) is 4.40. The summed E-state index contributed by atoms with van der Waals surface area (Å²) in [5, 5.41) is 13.5. The lowest BCUT2D eigenvalue weighted by Gasteiger charge is -2.28. The van der Waals surface area contributed by atoms with Crippen molar-refractivity contribution in [1.82, 2.24) is 14.8 Å². The highest BCUT2D eigenvalue weighted by molar-refractivity contribution is 5.45. The van der Waals surface area contributed by atoms with E-state index in [1.165, 1.54) is 0 Å². The summed E-state index contributed by atoms with van der Waals surface area (Å²) in [6, 6.07) is 7.42. The lowest BCUT2D eigenvalue weighted by atomic mass is 9.79. The summed E-state index contributed by atoms with van der Waals surface area (Å²) >= 11 is 0. The van der Waals surface area contributed by atoms with Gasteiger partial charge in [0.2, 0.25) is 5.88 Å². The van der Waals surface area contributed by atoms with E-state index in [1.54, 1.807) is 17.9 Å². The Morgan fingerprint density at radius 3 is 2.76 bits per heavy atom. The van der Waals surface area contributed by atoms with E-state index in [4.69, 9.17) is 15.7 Å². The number of nitrogens with zero attached hydrogens (tertiary/aromatic N) is 4. The molecule has 0 aliphatic carbocycles. The first-order valence-electron chi connectivity index (χ1n) is 6.63. The molecule has 2 N–H and O–H groups in total. The van der Waals surface area contributed by atoms with E-state index < -0.39 is 5.41 Å². The molecule has 2 aromatic heterocycles. The molecule has 1 unspecified atom stereocenters. The molecule has 110 valence electrons. The van der Waals surface area contributed by atoms with E-state index >= 15 is 0 Å². The number of aromatic nitrogens is 3. The minimum Gasteiger partial charge on any atom is -0.481 e. The summed E-state index contributed by atoms with van der Waals surface area (Å²) in [5.41, 5.74) is 8.32. The number of ether oxygens (including phenoxy) is 1. The number of nitriles is 1. The Balaban J connectivity index is 2.69. The third-order valence-electron chi connectivity index (χ3n) is 3.75. The summed E-state index contributed by atoms with van der Waals surface area (Å²) in [6.07, 6.45) is 0. The van der Waals surface area contributed by atoms with Crippen molar-refractivity contribution in [3.63, 3.8) is 0 Å². The van der Waals surface area contributed by atoms with Gasteiger partial charge in [0.25, 0.3) is 0 Å². The van der Waals surface area contributed by atoms with Gasteiger partial charge < -0.3 is 10.5 Å². The third-order valence-corrected chi connectivity index (χ3v) is 3.75. The smallest absolute Gasteiger partial charge is 0.215 e. The van der Waals surface area contributed by atoms with Crippen molar-refractivity contribution in [3.05, 3.63) is 40.8 Å². The van der Waals surface area contributed by atoms with Gasteiger partial charge in [0.1, 0.15) is 11.8 Å². The van der Waals surface area contributed by atoms with Crippen LogP contribution in [0, 0.1) is 18.3 Å². The van der Waals surface area contributed by atoms with Crippen LogP contribution >= 0.6 is 0 Å². The largest absolute Gasteiger partial charge is 0.481 e. The Morgan fingerprint density at radius 2 is 2.19 bits per heavy atom. The molecule has 6 heteroatoms. The van der Waals surface area contributed by atoms with E-state index in [0.29, 0.717) is 18.1 Å². The van der Waals surface area contributed by atoms with Crippen LogP contribution in [0.2, 0.25) is 0 Å². The van der Waals surface area contributed by atoms with Gasteiger partial charge in [0.15, 0.2) is 0 Å². The molecule has 0 amide bonds. The second-order valence-corrected chi connectivity index (χ2v) is 5.15. The van der Waals surface area contributed by atoms with Gasteiger partial charge in [-0.25, -0.2) is 9.67 Å². The SMILES string of the molecule is COc1c(C(C)(CN)c2cccc(C#N)n2)c(C)nn1C. The average molecular weight is 285 g/mol. The third kappa shape index (κ3) is 2.36. The van der Waals surface area contributed by atoms with Crippen molar-refractivity contribution in [2.75, 3.05) is 13.7 Å². The second-order valence-electron chi connectivity index (χ2n) is 5.15. The van der Waals surface area contributed by atoms with Crippen LogP contribution in [0.4, 0.5) is 0 Å². The maximum Gasteiger partial charge on any atom is 0.215 e. The molecule has 0 bridgehead atoms. The molecule has 21 heavy (non-hydrogen) atoms. The lowest BCUT2D eigenvalue weighted by molar-refractivity contribution is 0.360. The van der Waals surface area contributed by atoms with Crippen LogP contribution in [0.5, 0.6) is 5.88 Å². The first-order valence-corrected chi connectivity index (χ1v) is 6.63. The second kappa shape index (κ2) is 5.54. The minimum atomic E-state index is -0.573. The van der Waals surface area contributed by atoms with Crippen LogP contribution in [-0.4, -0.2) is 28.4 Å².